The summed E-state index contributed by atoms with van der Waals surface area (Å²) in [4.78, 5) is 0. The molecule has 0 spiro atoms. The Bertz CT molecular complexity index is 599. The van der Waals surface area contributed by atoms with Gasteiger partial charge in [-0.15, -0.1) is 0 Å². The molecule has 6 nitrogen and oxygen atoms in total. The molecule has 0 fully saturated rings. The maximum Gasteiger partial charge on any atom is 0.279 e. The lowest BCUT2D eigenvalue weighted by molar-refractivity contribution is 0.287. The van der Waals surface area contributed by atoms with Gasteiger partial charge in [0.25, 0.3) is 10.2 Å². The van der Waals surface area contributed by atoms with E-state index in [4.69, 9.17) is 9.47 Å². The van der Waals surface area contributed by atoms with E-state index in [-0.39, 0.29) is 0 Å². The first kappa shape index (κ1) is 21.7. The van der Waals surface area contributed by atoms with E-state index < -0.39 is 10.2 Å². The summed E-state index contributed by atoms with van der Waals surface area (Å²) in [7, 11) is -3.43. The molecule has 0 aliphatic carbocycles. The Labute approximate surface area is 152 Å². The van der Waals surface area contributed by atoms with E-state index in [1.807, 2.05) is 45.9 Å². The zero-order chi connectivity index (χ0) is 18.7. The standard InChI is InChI=1S/C18H32N2O4S/c1-5-13-20(14-6-2)25(21,22)19-12-11-16-9-10-17(23-7-3)18(15-16)24-8-4/h9-10,15,19H,5-8,11-14H2,1-4H3. The van der Waals surface area contributed by atoms with E-state index in [0.717, 1.165) is 18.4 Å². The summed E-state index contributed by atoms with van der Waals surface area (Å²) >= 11 is 0. The minimum atomic E-state index is -3.43. The predicted molar refractivity (Wildman–Crippen MR) is 102 cm³/mol. The molecule has 0 radical (unpaired) electrons. The van der Waals surface area contributed by atoms with Gasteiger partial charge in [-0.05, 0) is 50.8 Å². The number of hydrogen-bond acceptors (Lipinski definition) is 4. The molecule has 0 amide bonds. The van der Waals surface area contributed by atoms with E-state index in [2.05, 4.69) is 4.72 Å². The van der Waals surface area contributed by atoms with Crippen LogP contribution in [-0.2, 0) is 16.6 Å². The molecule has 1 N–H and O–H groups in total. The van der Waals surface area contributed by atoms with Crippen molar-refractivity contribution in [2.24, 2.45) is 0 Å². The molecule has 0 aliphatic rings. The molecule has 0 saturated heterocycles. The van der Waals surface area contributed by atoms with Crippen molar-refractivity contribution < 1.29 is 17.9 Å². The molecular weight excluding hydrogens is 340 g/mol. The number of hydrogen-bond donors (Lipinski definition) is 1. The van der Waals surface area contributed by atoms with Gasteiger partial charge < -0.3 is 9.47 Å². The van der Waals surface area contributed by atoms with Gasteiger partial charge in [-0.25, -0.2) is 4.72 Å². The van der Waals surface area contributed by atoms with Crippen molar-refractivity contribution in [1.82, 2.24) is 9.03 Å². The molecule has 0 aromatic heterocycles. The van der Waals surface area contributed by atoms with Gasteiger partial charge >= 0.3 is 0 Å². The fourth-order valence-electron chi connectivity index (χ4n) is 2.52. The van der Waals surface area contributed by atoms with Gasteiger partial charge in [-0.3, -0.25) is 0 Å². The van der Waals surface area contributed by atoms with Crippen molar-refractivity contribution in [3.63, 3.8) is 0 Å². The molecule has 1 rings (SSSR count). The van der Waals surface area contributed by atoms with Crippen LogP contribution in [0, 0.1) is 0 Å². The first-order valence-corrected chi connectivity index (χ1v) is 10.6. The third-order valence-electron chi connectivity index (χ3n) is 3.59. The molecule has 0 atom stereocenters. The third-order valence-corrected chi connectivity index (χ3v) is 5.21. The summed E-state index contributed by atoms with van der Waals surface area (Å²) in [5.41, 5.74) is 1.01. The summed E-state index contributed by atoms with van der Waals surface area (Å²) in [6.45, 7) is 10.4. The fraction of sp³-hybridized carbons (Fsp3) is 0.667. The average molecular weight is 373 g/mol. The van der Waals surface area contributed by atoms with Crippen LogP contribution >= 0.6 is 0 Å². The first-order chi connectivity index (χ1) is 12.0. The van der Waals surface area contributed by atoms with Gasteiger partial charge in [0.1, 0.15) is 0 Å². The Morgan fingerprint density at radius 2 is 1.56 bits per heavy atom. The second-order valence-electron chi connectivity index (χ2n) is 5.70. The van der Waals surface area contributed by atoms with Crippen LogP contribution < -0.4 is 14.2 Å². The highest BCUT2D eigenvalue weighted by molar-refractivity contribution is 7.87. The summed E-state index contributed by atoms with van der Waals surface area (Å²) in [5, 5.41) is 0. The quantitative estimate of drug-likeness (QED) is 0.578. The van der Waals surface area contributed by atoms with Crippen molar-refractivity contribution in [3.8, 4) is 11.5 Å². The van der Waals surface area contributed by atoms with Crippen LogP contribution in [0.5, 0.6) is 11.5 Å². The molecule has 7 heteroatoms. The van der Waals surface area contributed by atoms with Crippen molar-refractivity contribution in [1.29, 1.82) is 0 Å². The van der Waals surface area contributed by atoms with E-state index in [1.165, 1.54) is 4.31 Å². The van der Waals surface area contributed by atoms with Crippen LogP contribution in [0.15, 0.2) is 18.2 Å². The normalized spacial score (nSPS) is 11.7. The highest BCUT2D eigenvalue weighted by atomic mass is 32.2. The molecule has 0 unspecified atom stereocenters. The summed E-state index contributed by atoms with van der Waals surface area (Å²) < 4.78 is 40.1. The molecule has 0 saturated carbocycles. The fourth-order valence-corrected chi connectivity index (χ4v) is 3.91. The summed E-state index contributed by atoms with van der Waals surface area (Å²) in [6, 6.07) is 5.73. The lowest BCUT2D eigenvalue weighted by atomic mass is 10.1. The van der Waals surface area contributed by atoms with Crippen molar-refractivity contribution in [3.05, 3.63) is 23.8 Å². The van der Waals surface area contributed by atoms with Crippen LogP contribution in [0.4, 0.5) is 0 Å². The van der Waals surface area contributed by atoms with Gasteiger partial charge in [-0.2, -0.15) is 12.7 Å². The minimum absolute atomic E-state index is 0.353. The third kappa shape index (κ3) is 7.22. The van der Waals surface area contributed by atoms with Gasteiger partial charge in [0.15, 0.2) is 11.5 Å². The zero-order valence-electron chi connectivity index (χ0n) is 15.9. The molecule has 144 valence electrons. The van der Waals surface area contributed by atoms with E-state index in [0.29, 0.717) is 50.8 Å². The van der Waals surface area contributed by atoms with Crippen molar-refractivity contribution >= 4 is 10.2 Å². The second-order valence-corrected chi connectivity index (χ2v) is 7.45. The van der Waals surface area contributed by atoms with Crippen LogP contribution in [0.2, 0.25) is 0 Å². The number of rotatable bonds is 13. The summed E-state index contributed by atoms with van der Waals surface area (Å²) in [6.07, 6.45) is 2.20. The monoisotopic (exact) mass is 372 g/mol. The number of nitrogens with zero attached hydrogens (tertiary/aromatic N) is 1. The maximum absolute atomic E-state index is 12.4. The Kier molecular flexibility index (Phi) is 9.85. The Morgan fingerprint density at radius 3 is 2.12 bits per heavy atom. The predicted octanol–water partition coefficient (Wildman–Crippen LogP) is 2.98. The van der Waals surface area contributed by atoms with Gasteiger partial charge in [0.2, 0.25) is 0 Å². The van der Waals surface area contributed by atoms with Crippen LogP contribution in [0.25, 0.3) is 0 Å². The Morgan fingerprint density at radius 1 is 0.960 bits per heavy atom. The second kappa shape index (κ2) is 11.3. The van der Waals surface area contributed by atoms with E-state index in [1.54, 1.807) is 0 Å². The smallest absolute Gasteiger partial charge is 0.279 e. The topological polar surface area (TPSA) is 67.9 Å². The van der Waals surface area contributed by atoms with Gasteiger partial charge in [-0.1, -0.05) is 19.9 Å². The van der Waals surface area contributed by atoms with Crippen molar-refractivity contribution in [2.75, 3.05) is 32.8 Å². The highest BCUT2D eigenvalue weighted by Crippen LogP contribution is 2.28. The lowest BCUT2D eigenvalue weighted by Crippen LogP contribution is -2.42. The molecule has 0 bridgehead atoms. The minimum Gasteiger partial charge on any atom is -0.490 e. The summed E-state index contributed by atoms with van der Waals surface area (Å²) in [5.74, 6) is 1.41. The highest BCUT2D eigenvalue weighted by Gasteiger charge is 2.19. The SMILES string of the molecule is CCCN(CCC)S(=O)(=O)NCCc1ccc(OCC)c(OCC)c1. The Hall–Kier alpha value is -1.31. The molecule has 1 aromatic carbocycles. The van der Waals surface area contributed by atoms with Crippen LogP contribution in [0.3, 0.4) is 0 Å². The van der Waals surface area contributed by atoms with Crippen molar-refractivity contribution in [2.45, 2.75) is 47.0 Å². The molecule has 0 aliphatic heterocycles. The lowest BCUT2D eigenvalue weighted by Gasteiger charge is -2.21. The molecule has 0 heterocycles. The van der Waals surface area contributed by atoms with Crippen LogP contribution in [-0.4, -0.2) is 45.6 Å². The first-order valence-electron chi connectivity index (χ1n) is 9.11. The van der Waals surface area contributed by atoms with E-state index >= 15 is 0 Å². The molecular formula is C18H32N2O4S. The maximum atomic E-state index is 12.4. The largest absolute Gasteiger partial charge is 0.490 e. The van der Waals surface area contributed by atoms with Gasteiger partial charge in [0, 0.05) is 19.6 Å². The number of nitrogens with one attached hydrogen (secondary N) is 1. The average Bonchev–Trinajstić information content (AvgIpc) is 2.57. The number of benzene rings is 1. The van der Waals surface area contributed by atoms with Crippen LogP contribution in [0.1, 0.15) is 46.1 Å². The van der Waals surface area contributed by atoms with Gasteiger partial charge in [0.05, 0.1) is 13.2 Å². The number of ether oxygens (including phenoxy) is 2. The zero-order valence-corrected chi connectivity index (χ0v) is 16.7. The van der Waals surface area contributed by atoms with E-state index in [9.17, 15) is 8.42 Å². The Balaban J connectivity index is 2.69. The molecule has 1 aromatic rings. The molecule has 25 heavy (non-hydrogen) atoms.